The van der Waals surface area contributed by atoms with Crippen LogP contribution < -0.4 is 10.6 Å². The van der Waals surface area contributed by atoms with E-state index in [-0.39, 0.29) is 5.91 Å². The minimum Gasteiger partial charge on any atom is -0.387 e. The highest BCUT2D eigenvalue weighted by molar-refractivity contribution is 5.92. The summed E-state index contributed by atoms with van der Waals surface area (Å²) in [5.74, 6) is 0.642. The number of pyridine rings is 1. The van der Waals surface area contributed by atoms with Gasteiger partial charge < -0.3 is 15.2 Å². The fourth-order valence-corrected chi connectivity index (χ4v) is 1.59. The van der Waals surface area contributed by atoms with Crippen molar-refractivity contribution >= 4 is 11.6 Å². The van der Waals surface area contributed by atoms with Gasteiger partial charge >= 0.3 is 0 Å². The third kappa shape index (κ3) is 3.27. The van der Waals surface area contributed by atoms with Crippen molar-refractivity contribution in [3.8, 4) is 0 Å². The summed E-state index contributed by atoms with van der Waals surface area (Å²) >= 11 is 0. The zero-order valence-electron chi connectivity index (χ0n) is 10.9. The van der Waals surface area contributed by atoms with E-state index in [0.717, 1.165) is 11.5 Å². The van der Waals surface area contributed by atoms with Gasteiger partial charge in [-0.3, -0.25) is 4.79 Å². The predicted octanol–water partition coefficient (Wildman–Crippen LogP) is 0.224. The van der Waals surface area contributed by atoms with E-state index in [1.807, 2.05) is 17.7 Å². The molecule has 0 aliphatic carbocycles. The molecule has 0 spiro atoms. The van der Waals surface area contributed by atoms with E-state index in [9.17, 15) is 4.79 Å². The first-order chi connectivity index (χ1) is 9.20. The fourth-order valence-electron chi connectivity index (χ4n) is 1.59. The highest BCUT2D eigenvalue weighted by atomic mass is 16.1. The van der Waals surface area contributed by atoms with Crippen LogP contribution in [0.25, 0.3) is 0 Å². The molecule has 0 saturated carbocycles. The van der Waals surface area contributed by atoms with Gasteiger partial charge in [0.2, 0.25) is 0 Å². The standard InChI is InChI=1S/C12H16N6O/c1-13-9-3-4-10(15-7-9)12(19)14-6-5-11-17-16-8-18(11)2/h3-4,7-8,13H,5-6H2,1-2H3,(H,14,19). The number of nitrogens with one attached hydrogen (secondary N) is 2. The summed E-state index contributed by atoms with van der Waals surface area (Å²) < 4.78 is 1.83. The van der Waals surface area contributed by atoms with Crippen LogP contribution in [0.4, 0.5) is 5.69 Å². The van der Waals surface area contributed by atoms with Crippen LogP contribution in [0.5, 0.6) is 0 Å². The summed E-state index contributed by atoms with van der Waals surface area (Å²) in [6.45, 7) is 0.501. The van der Waals surface area contributed by atoms with Crippen LogP contribution in [-0.2, 0) is 13.5 Å². The number of hydrogen-bond donors (Lipinski definition) is 2. The summed E-state index contributed by atoms with van der Waals surface area (Å²) in [5.41, 5.74) is 1.27. The molecule has 1 amide bonds. The first-order valence-electron chi connectivity index (χ1n) is 5.95. The second-order valence-electron chi connectivity index (χ2n) is 4.05. The number of aryl methyl sites for hydroxylation is 1. The molecule has 19 heavy (non-hydrogen) atoms. The number of amides is 1. The molecule has 0 aliphatic heterocycles. The van der Waals surface area contributed by atoms with Crippen molar-refractivity contribution in [1.29, 1.82) is 0 Å². The highest BCUT2D eigenvalue weighted by Gasteiger charge is 2.07. The van der Waals surface area contributed by atoms with E-state index in [0.29, 0.717) is 18.7 Å². The molecule has 2 aromatic heterocycles. The maximum atomic E-state index is 11.8. The number of carbonyl (C=O) groups excluding carboxylic acids is 1. The number of hydrogen-bond acceptors (Lipinski definition) is 5. The van der Waals surface area contributed by atoms with Gasteiger partial charge in [0.25, 0.3) is 5.91 Å². The lowest BCUT2D eigenvalue weighted by Gasteiger charge is -2.05. The number of carbonyl (C=O) groups is 1. The largest absolute Gasteiger partial charge is 0.387 e. The Bertz CT molecular complexity index is 548. The van der Waals surface area contributed by atoms with Crippen molar-refractivity contribution in [2.45, 2.75) is 6.42 Å². The van der Waals surface area contributed by atoms with Gasteiger partial charge in [0.1, 0.15) is 17.8 Å². The quantitative estimate of drug-likeness (QED) is 0.803. The molecular formula is C12H16N6O. The highest BCUT2D eigenvalue weighted by Crippen LogP contribution is 2.04. The molecule has 100 valence electrons. The van der Waals surface area contributed by atoms with Crippen LogP contribution in [0.3, 0.4) is 0 Å². The third-order valence-corrected chi connectivity index (χ3v) is 2.72. The molecule has 0 radical (unpaired) electrons. The second-order valence-corrected chi connectivity index (χ2v) is 4.05. The number of aromatic nitrogens is 4. The Hall–Kier alpha value is -2.44. The third-order valence-electron chi connectivity index (χ3n) is 2.72. The van der Waals surface area contributed by atoms with Crippen molar-refractivity contribution in [3.05, 3.63) is 36.2 Å². The Morgan fingerprint density at radius 1 is 1.42 bits per heavy atom. The molecule has 0 unspecified atom stereocenters. The Kier molecular flexibility index (Phi) is 4.07. The van der Waals surface area contributed by atoms with Crippen LogP contribution in [0.2, 0.25) is 0 Å². The second kappa shape index (κ2) is 5.94. The monoisotopic (exact) mass is 260 g/mol. The number of nitrogens with zero attached hydrogens (tertiary/aromatic N) is 4. The van der Waals surface area contributed by atoms with Gasteiger partial charge in [-0.15, -0.1) is 10.2 Å². The summed E-state index contributed by atoms with van der Waals surface area (Å²) in [4.78, 5) is 15.9. The van der Waals surface area contributed by atoms with Gasteiger partial charge in [-0.05, 0) is 12.1 Å². The molecule has 7 heteroatoms. The maximum absolute atomic E-state index is 11.8. The van der Waals surface area contributed by atoms with Crippen molar-refractivity contribution < 1.29 is 4.79 Å². The lowest BCUT2D eigenvalue weighted by Crippen LogP contribution is -2.27. The molecule has 0 bridgehead atoms. The van der Waals surface area contributed by atoms with Crippen LogP contribution >= 0.6 is 0 Å². The molecule has 0 fully saturated rings. The topological polar surface area (TPSA) is 84.7 Å². The zero-order valence-corrected chi connectivity index (χ0v) is 10.9. The molecule has 2 rings (SSSR count). The van der Waals surface area contributed by atoms with Crippen molar-refractivity contribution in [1.82, 2.24) is 25.1 Å². The Labute approximate surface area is 111 Å². The molecule has 2 N–H and O–H groups in total. The summed E-state index contributed by atoms with van der Waals surface area (Å²) in [6.07, 6.45) is 3.89. The molecule has 2 heterocycles. The van der Waals surface area contributed by atoms with E-state index in [1.54, 1.807) is 25.6 Å². The smallest absolute Gasteiger partial charge is 0.269 e. The van der Waals surface area contributed by atoms with Crippen molar-refractivity contribution in [2.75, 3.05) is 18.9 Å². The van der Waals surface area contributed by atoms with E-state index in [4.69, 9.17) is 0 Å². The summed E-state index contributed by atoms with van der Waals surface area (Å²) in [6, 6.07) is 3.49. The molecule has 7 nitrogen and oxygen atoms in total. The summed E-state index contributed by atoms with van der Waals surface area (Å²) in [7, 11) is 3.67. The lowest BCUT2D eigenvalue weighted by molar-refractivity contribution is 0.0949. The normalized spacial score (nSPS) is 10.2. The van der Waals surface area contributed by atoms with Gasteiger partial charge in [0.15, 0.2) is 0 Å². The fraction of sp³-hybridized carbons (Fsp3) is 0.333. The molecule has 0 aliphatic rings. The van der Waals surface area contributed by atoms with Gasteiger partial charge in [0, 0.05) is 27.1 Å². The average molecular weight is 260 g/mol. The van der Waals surface area contributed by atoms with E-state index in [2.05, 4.69) is 25.8 Å². The minimum absolute atomic E-state index is 0.190. The molecule has 0 atom stereocenters. The van der Waals surface area contributed by atoms with Crippen LogP contribution in [-0.4, -0.2) is 39.2 Å². The maximum Gasteiger partial charge on any atom is 0.269 e. The molecular weight excluding hydrogens is 244 g/mol. The molecule has 0 aromatic carbocycles. The first-order valence-corrected chi connectivity index (χ1v) is 5.95. The van der Waals surface area contributed by atoms with Crippen molar-refractivity contribution in [3.63, 3.8) is 0 Å². The van der Waals surface area contributed by atoms with E-state index >= 15 is 0 Å². The number of rotatable bonds is 5. The number of anilines is 1. The Balaban J connectivity index is 1.85. The summed E-state index contributed by atoms with van der Waals surface area (Å²) in [5, 5.41) is 13.5. The molecule has 0 saturated heterocycles. The minimum atomic E-state index is -0.190. The van der Waals surface area contributed by atoms with Crippen LogP contribution in [0.1, 0.15) is 16.3 Å². The first kappa shape index (κ1) is 13.0. The zero-order chi connectivity index (χ0) is 13.7. The van der Waals surface area contributed by atoms with Gasteiger partial charge in [-0.1, -0.05) is 0 Å². The predicted molar refractivity (Wildman–Crippen MR) is 70.8 cm³/mol. The van der Waals surface area contributed by atoms with Crippen molar-refractivity contribution in [2.24, 2.45) is 7.05 Å². The van der Waals surface area contributed by atoms with E-state index in [1.165, 1.54) is 0 Å². The van der Waals surface area contributed by atoms with Crippen LogP contribution in [0.15, 0.2) is 24.7 Å². The lowest BCUT2D eigenvalue weighted by atomic mass is 10.3. The van der Waals surface area contributed by atoms with Gasteiger partial charge in [-0.25, -0.2) is 4.98 Å². The molecule has 2 aromatic rings. The average Bonchev–Trinajstić information content (AvgIpc) is 2.84. The van der Waals surface area contributed by atoms with Gasteiger partial charge in [-0.2, -0.15) is 0 Å². The Morgan fingerprint density at radius 2 is 2.26 bits per heavy atom. The van der Waals surface area contributed by atoms with E-state index < -0.39 is 0 Å². The Morgan fingerprint density at radius 3 is 2.84 bits per heavy atom. The van der Waals surface area contributed by atoms with Crippen LogP contribution in [0, 0.1) is 0 Å². The van der Waals surface area contributed by atoms with Gasteiger partial charge in [0.05, 0.1) is 11.9 Å². The SMILES string of the molecule is CNc1ccc(C(=O)NCCc2nncn2C)nc1.